The Morgan fingerprint density at radius 1 is 1.03 bits per heavy atom. The summed E-state index contributed by atoms with van der Waals surface area (Å²) in [5, 5.41) is 0. The van der Waals surface area contributed by atoms with Gasteiger partial charge in [0.25, 0.3) is 0 Å². The number of imidazole rings is 1. The van der Waals surface area contributed by atoms with Crippen molar-refractivity contribution < 1.29 is 4.74 Å². The summed E-state index contributed by atoms with van der Waals surface area (Å²) >= 11 is 0. The SMILES string of the molecule is COc1cc(C)c2nc(-c3cccnc3N)n(-c3ccc(C(C)(C)C)cc3)c2n1. The first-order chi connectivity index (χ1) is 13.8. The van der Waals surface area contributed by atoms with Crippen LogP contribution < -0.4 is 10.5 Å². The molecule has 0 aliphatic rings. The molecule has 0 amide bonds. The number of rotatable bonds is 3. The molecule has 4 rings (SSSR count). The lowest BCUT2D eigenvalue weighted by Gasteiger charge is -2.19. The summed E-state index contributed by atoms with van der Waals surface area (Å²) in [6.45, 7) is 8.60. The molecular weight excluding hydrogens is 362 g/mol. The molecule has 0 aliphatic carbocycles. The number of hydrogen-bond donors (Lipinski definition) is 1. The number of aryl methyl sites for hydroxylation is 1. The van der Waals surface area contributed by atoms with Gasteiger partial charge >= 0.3 is 0 Å². The molecule has 0 fully saturated rings. The molecule has 0 saturated carbocycles. The van der Waals surface area contributed by atoms with E-state index in [1.165, 1.54) is 5.56 Å². The summed E-state index contributed by atoms with van der Waals surface area (Å²) in [6, 6.07) is 14.1. The van der Waals surface area contributed by atoms with Crippen LogP contribution in [0.3, 0.4) is 0 Å². The van der Waals surface area contributed by atoms with E-state index >= 15 is 0 Å². The molecule has 1 aromatic carbocycles. The smallest absolute Gasteiger partial charge is 0.215 e. The first-order valence-electron chi connectivity index (χ1n) is 9.55. The molecule has 0 aliphatic heterocycles. The quantitative estimate of drug-likeness (QED) is 0.552. The molecule has 148 valence electrons. The van der Waals surface area contributed by atoms with Gasteiger partial charge in [-0.05, 0) is 47.7 Å². The van der Waals surface area contributed by atoms with Crippen LogP contribution in [-0.2, 0) is 5.41 Å². The Hall–Kier alpha value is -3.41. The second-order valence-corrected chi connectivity index (χ2v) is 8.16. The molecule has 6 heteroatoms. The first-order valence-corrected chi connectivity index (χ1v) is 9.55. The fraction of sp³-hybridized carbons (Fsp3) is 0.261. The van der Waals surface area contributed by atoms with Crippen LogP contribution in [0.1, 0.15) is 31.9 Å². The Balaban J connectivity index is 2.03. The largest absolute Gasteiger partial charge is 0.481 e. The number of nitrogen functional groups attached to an aromatic ring is 1. The molecular formula is C23H25N5O. The van der Waals surface area contributed by atoms with Crippen LogP contribution in [-0.4, -0.2) is 26.6 Å². The third-order valence-electron chi connectivity index (χ3n) is 5.06. The molecule has 0 bridgehead atoms. The van der Waals surface area contributed by atoms with Crippen molar-refractivity contribution in [3.63, 3.8) is 0 Å². The zero-order chi connectivity index (χ0) is 20.8. The Morgan fingerprint density at radius 3 is 2.38 bits per heavy atom. The van der Waals surface area contributed by atoms with Crippen LogP contribution in [0.4, 0.5) is 5.82 Å². The van der Waals surface area contributed by atoms with E-state index in [9.17, 15) is 0 Å². The van der Waals surface area contributed by atoms with Gasteiger partial charge in [-0.3, -0.25) is 4.57 Å². The number of ether oxygens (including phenoxy) is 1. The van der Waals surface area contributed by atoms with Crippen molar-refractivity contribution in [3.05, 3.63) is 59.8 Å². The molecule has 2 N–H and O–H groups in total. The lowest BCUT2D eigenvalue weighted by Crippen LogP contribution is -2.11. The van der Waals surface area contributed by atoms with Crippen molar-refractivity contribution in [2.45, 2.75) is 33.1 Å². The minimum Gasteiger partial charge on any atom is -0.481 e. The molecule has 0 radical (unpaired) electrons. The van der Waals surface area contributed by atoms with Crippen LogP contribution in [0.25, 0.3) is 28.2 Å². The number of pyridine rings is 2. The van der Waals surface area contributed by atoms with Crippen LogP contribution in [0.15, 0.2) is 48.7 Å². The van der Waals surface area contributed by atoms with Crippen molar-refractivity contribution >= 4 is 17.0 Å². The van der Waals surface area contributed by atoms with Gasteiger partial charge in [0.1, 0.15) is 11.3 Å². The van der Waals surface area contributed by atoms with Crippen molar-refractivity contribution in [1.82, 2.24) is 19.5 Å². The molecule has 0 unspecified atom stereocenters. The first kappa shape index (κ1) is 18.9. The maximum atomic E-state index is 6.19. The zero-order valence-electron chi connectivity index (χ0n) is 17.4. The van der Waals surface area contributed by atoms with Crippen LogP contribution in [0.5, 0.6) is 5.88 Å². The van der Waals surface area contributed by atoms with Gasteiger partial charge in [-0.25, -0.2) is 9.97 Å². The van der Waals surface area contributed by atoms with Gasteiger partial charge in [-0.1, -0.05) is 32.9 Å². The van der Waals surface area contributed by atoms with Crippen LogP contribution in [0.2, 0.25) is 0 Å². The molecule has 0 spiro atoms. The minimum absolute atomic E-state index is 0.0736. The average Bonchev–Trinajstić information content (AvgIpc) is 3.07. The molecule has 6 nitrogen and oxygen atoms in total. The van der Waals surface area contributed by atoms with E-state index in [0.717, 1.165) is 28.0 Å². The molecule has 0 atom stereocenters. The highest BCUT2D eigenvalue weighted by Crippen LogP contribution is 2.33. The van der Waals surface area contributed by atoms with Crippen LogP contribution >= 0.6 is 0 Å². The summed E-state index contributed by atoms with van der Waals surface area (Å²) in [7, 11) is 1.62. The standard InChI is InChI=1S/C23H25N5O/c1-14-13-18(29-5)26-22-19(14)27-21(17-7-6-12-25-20(17)24)28(22)16-10-8-15(9-11-16)23(2,3)4/h6-13H,1-5H3,(H2,24,25). The van der Waals surface area contributed by atoms with Crippen molar-refractivity contribution in [1.29, 1.82) is 0 Å². The number of nitrogens with two attached hydrogens (primary N) is 1. The van der Waals surface area contributed by atoms with Gasteiger partial charge < -0.3 is 10.5 Å². The zero-order valence-corrected chi connectivity index (χ0v) is 17.4. The predicted octanol–water partition coefficient (Wildman–Crippen LogP) is 4.68. The van der Waals surface area contributed by atoms with E-state index in [0.29, 0.717) is 17.5 Å². The van der Waals surface area contributed by atoms with Gasteiger partial charge in [0.2, 0.25) is 5.88 Å². The fourth-order valence-electron chi connectivity index (χ4n) is 3.42. The van der Waals surface area contributed by atoms with Gasteiger partial charge in [0.15, 0.2) is 11.5 Å². The summed E-state index contributed by atoms with van der Waals surface area (Å²) in [4.78, 5) is 13.8. The maximum Gasteiger partial charge on any atom is 0.215 e. The summed E-state index contributed by atoms with van der Waals surface area (Å²) in [5.74, 6) is 1.69. The van der Waals surface area contributed by atoms with Gasteiger partial charge in [-0.2, -0.15) is 4.98 Å². The Morgan fingerprint density at radius 2 is 1.76 bits per heavy atom. The minimum atomic E-state index is 0.0736. The van der Waals surface area contributed by atoms with E-state index in [2.05, 4.69) is 50.0 Å². The van der Waals surface area contributed by atoms with Crippen molar-refractivity contribution in [2.75, 3.05) is 12.8 Å². The molecule has 3 aromatic heterocycles. The number of anilines is 1. The topological polar surface area (TPSA) is 78.9 Å². The van der Waals surface area contributed by atoms with E-state index in [-0.39, 0.29) is 5.41 Å². The van der Waals surface area contributed by atoms with Gasteiger partial charge in [0, 0.05) is 18.0 Å². The van der Waals surface area contributed by atoms with Crippen molar-refractivity contribution in [2.24, 2.45) is 0 Å². The highest BCUT2D eigenvalue weighted by molar-refractivity contribution is 5.85. The summed E-state index contributed by atoms with van der Waals surface area (Å²) < 4.78 is 7.43. The Labute approximate surface area is 170 Å². The Bertz CT molecular complexity index is 1190. The highest BCUT2D eigenvalue weighted by Gasteiger charge is 2.21. The van der Waals surface area contributed by atoms with Gasteiger partial charge in [0.05, 0.1) is 12.7 Å². The second kappa shape index (κ2) is 6.88. The van der Waals surface area contributed by atoms with E-state index in [1.807, 2.05) is 29.7 Å². The normalized spacial score (nSPS) is 11.8. The lowest BCUT2D eigenvalue weighted by atomic mass is 9.87. The fourth-order valence-corrected chi connectivity index (χ4v) is 3.42. The number of fused-ring (bicyclic) bond motifs is 1. The Kier molecular flexibility index (Phi) is 4.49. The van der Waals surface area contributed by atoms with Crippen LogP contribution in [0, 0.1) is 6.92 Å². The predicted molar refractivity (Wildman–Crippen MR) is 116 cm³/mol. The monoisotopic (exact) mass is 387 g/mol. The molecule has 3 heterocycles. The van der Waals surface area contributed by atoms with E-state index in [1.54, 1.807) is 13.3 Å². The maximum absolute atomic E-state index is 6.19. The number of benzene rings is 1. The number of methoxy groups -OCH3 is 1. The molecule has 4 aromatic rings. The number of hydrogen-bond acceptors (Lipinski definition) is 5. The number of aromatic nitrogens is 4. The third kappa shape index (κ3) is 3.31. The summed E-state index contributed by atoms with van der Waals surface area (Å²) in [5.41, 5.74) is 11.8. The lowest BCUT2D eigenvalue weighted by molar-refractivity contribution is 0.399. The van der Waals surface area contributed by atoms with E-state index < -0.39 is 0 Å². The number of nitrogens with zero attached hydrogens (tertiary/aromatic N) is 4. The molecule has 29 heavy (non-hydrogen) atoms. The van der Waals surface area contributed by atoms with Crippen molar-refractivity contribution in [3.8, 4) is 23.0 Å². The third-order valence-corrected chi connectivity index (χ3v) is 5.06. The highest BCUT2D eigenvalue weighted by atomic mass is 16.5. The van der Waals surface area contributed by atoms with E-state index in [4.69, 9.17) is 20.4 Å². The molecule has 0 saturated heterocycles. The second-order valence-electron chi connectivity index (χ2n) is 8.16. The van der Waals surface area contributed by atoms with Gasteiger partial charge in [-0.15, -0.1) is 0 Å². The summed E-state index contributed by atoms with van der Waals surface area (Å²) in [6.07, 6.45) is 1.68. The average molecular weight is 387 g/mol.